The van der Waals surface area contributed by atoms with Crippen LogP contribution in [-0.4, -0.2) is 15.7 Å². The third-order valence-corrected chi connectivity index (χ3v) is 5.41. The summed E-state index contributed by atoms with van der Waals surface area (Å²) >= 11 is 3.41. The number of aryl methyl sites for hydroxylation is 1. The summed E-state index contributed by atoms with van der Waals surface area (Å²) in [6.45, 7) is 3.12. The Morgan fingerprint density at radius 1 is 1.03 bits per heavy atom. The van der Waals surface area contributed by atoms with Gasteiger partial charge in [-0.3, -0.25) is 9.48 Å². The van der Waals surface area contributed by atoms with E-state index in [0.717, 1.165) is 15.8 Å². The maximum Gasteiger partial charge on any atom is 0.256 e. The number of ether oxygens (including phenoxy) is 1. The van der Waals surface area contributed by atoms with Crippen molar-refractivity contribution in [2.45, 2.75) is 20.1 Å². The maximum atomic E-state index is 12.7. The van der Waals surface area contributed by atoms with E-state index >= 15 is 0 Å². The molecule has 0 fully saturated rings. The molecule has 1 heterocycles. The van der Waals surface area contributed by atoms with Gasteiger partial charge < -0.3 is 10.1 Å². The quantitative estimate of drug-likeness (QED) is 0.365. The number of carbonyl (C=O) groups excluding carboxylic acids is 1. The molecule has 0 spiro atoms. The molecule has 5 nitrogen and oxygen atoms in total. The summed E-state index contributed by atoms with van der Waals surface area (Å²) in [6, 6.07) is 25.0. The SMILES string of the molecule is Cc1ccccc1Cn1ccc(NC(=O)c2cccc(COc3ccc(Br)cc3)c2)n1. The summed E-state index contributed by atoms with van der Waals surface area (Å²) in [5, 5.41) is 7.34. The van der Waals surface area contributed by atoms with Crippen LogP contribution in [0.1, 0.15) is 27.0 Å². The Kier molecular flexibility index (Phi) is 6.48. The van der Waals surface area contributed by atoms with Gasteiger partial charge in [0.2, 0.25) is 0 Å². The molecule has 3 aromatic carbocycles. The first-order valence-corrected chi connectivity index (χ1v) is 10.7. The molecule has 156 valence electrons. The number of hydrogen-bond acceptors (Lipinski definition) is 3. The highest BCUT2D eigenvalue weighted by molar-refractivity contribution is 9.10. The Hall–Kier alpha value is -3.38. The average molecular weight is 476 g/mol. The Balaban J connectivity index is 1.37. The smallest absolute Gasteiger partial charge is 0.256 e. The van der Waals surface area contributed by atoms with Crippen LogP contribution in [0, 0.1) is 6.92 Å². The van der Waals surface area contributed by atoms with Crippen molar-refractivity contribution >= 4 is 27.7 Å². The molecule has 0 unspecified atom stereocenters. The molecule has 0 aliphatic rings. The lowest BCUT2D eigenvalue weighted by Gasteiger charge is -2.08. The summed E-state index contributed by atoms with van der Waals surface area (Å²) in [7, 11) is 0. The zero-order valence-electron chi connectivity index (χ0n) is 17.1. The van der Waals surface area contributed by atoms with E-state index in [-0.39, 0.29) is 5.91 Å². The van der Waals surface area contributed by atoms with E-state index in [4.69, 9.17) is 4.74 Å². The Morgan fingerprint density at radius 2 is 1.84 bits per heavy atom. The second-order valence-corrected chi connectivity index (χ2v) is 8.14. The van der Waals surface area contributed by atoms with Gasteiger partial charge in [0, 0.05) is 22.3 Å². The van der Waals surface area contributed by atoms with Gasteiger partial charge in [-0.05, 0) is 60.0 Å². The minimum absolute atomic E-state index is 0.202. The molecular formula is C25H22BrN3O2. The lowest BCUT2D eigenvalue weighted by molar-refractivity contribution is 0.102. The summed E-state index contributed by atoms with van der Waals surface area (Å²) < 4.78 is 8.62. The van der Waals surface area contributed by atoms with Crippen molar-refractivity contribution in [2.24, 2.45) is 0 Å². The van der Waals surface area contributed by atoms with Crippen LogP contribution in [0.5, 0.6) is 5.75 Å². The molecule has 1 N–H and O–H groups in total. The standard InChI is InChI=1S/C25H22BrN3O2/c1-18-5-2-3-7-21(18)16-29-14-13-24(28-29)27-25(30)20-8-4-6-19(15-20)17-31-23-11-9-22(26)10-12-23/h2-15H,16-17H2,1H3,(H,27,28,30). The van der Waals surface area contributed by atoms with Crippen molar-refractivity contribution in [1.82, 2.24) is 9.78 Å². The largest absolute Gasteiger partial charge is 0.489 e. The van der Waals surface area contributed by atoms with E-state index in [1.165, 1.54) is 11.1 Å². The minimum Gasteiger partial charge on any atom is -0.489 e. The normalized spacial score (nSPS) is 10.6. The van der Waals surface area contributed by atoms with Crippen LogP contribution >= 0.6 is 15.9 Å². The van der Waals surface area contributed by atoms with Gasteiger partial charge in [0.1, 0.15) is 12.4 Å². The van der Waals surface area contributed by atoms with E-state index in [1.54, 1.807) is 12.1 Å². The van der Waals surface area contributed by atoms with Gasteiger partial charge in [-0.15, -0.1) is 0 Å². The number of nitrogens with zero attached hydrogens (tertiary/aromatic N) is 2. The molecule has 4 aromatic rings. The molecular weight excluding hydrogens is 454 g/mol. The van der Waals surface area contributed by atoms with Crippen molar-refractivity contribution in [3.05, 3.63) is 112 Å². The monoisotopic (exact) mass is 475 g/mol. The average Bonchev–Trinajstić information content (AvgIpc) is 3.22. The molecule has 0 bridgehead atoms. The second kappa shape index (κ2) is 9.62. The van der Waals surface area contributed by atoms with Crippen LogP contribution < -0.4 is 10.1 Å². The predicted molar refractivity (Wildman–Crippen MR) is 125 cm³/mol. The predicted octanol–water partition coefficient (Wildman–Crippen LogP) is 5.83. The zero-order valence-corrected chi connectivity index (χ0v) is 18.7. The van der Waals surface area contributed by atoms with E-state index in [0.29, 0.717) is 24.5 Å². The lowest BCUT2D eigenvalue weighted by Crippen LogP contribution is -2.13. The number of carbonyl (C=O) groups is 1. The van der Waals surface area contributed by atoms with Crippen LogP contribution in [-0.2, 0) is 13.2 Å². The number of benzene rings is 3. The Morgan fingerprint density at radius 3 is 2.65 bits per heavy atom. The maximum absolute atomic E-state index is 12.7. The molecule has 31 heavy (non-hydrogen) atoms. The molecule has 0 aliphatic carbocycles. The van der Waals surface area contributed by atoms with Crippen molar-refractivity contribution in [3.8, 4) is 5.75 Å². The number of anilines is 1. The van der Waals surface area contributed by atoms with Crippen LogP contribution in [0.3, 0.4) is 0 Å². The first-order chi connectivity index (χ1) is 15.1. The molecule has 1 aromatic heterocycles. The summed E-state index contributed by atoms with van der Waals surface area (Å²) in [6.07, 6.45) is 1.87. The topological polar surface area (TPSA) is 56.2 Å². The number of nitrogens with one attached hydrogen (secondary N) is 1. The number of halogens is 1. The van der Waals surface area contributed by atoms with E-state index in [1.807, 2.05) is 65.5 Å². The third-order valence-electron chi connectivity index (χ3n) is 4.88. The van der Waals surface area contributed by atoms with Gasteiger partial charge >= 0.3 is 0 Å². The number of rotatable bonds is 7. The van der Waals surface area contributed by atoms with Gasteiger partial charge in [-0.1, -0.05) is 52.3 Å². The van der Waals surface area contributed by atoms with Crippen LogP contribution in [0.2, 0.25) is 0 Å². The highest BCUT2D eigenvalue weighted by Crippen LogP contribution is 2.18. The molecule has 6 heteroatoms. The minimum atomic E-state index is -0.202. The van der Waals surface area contributed by atoms with Gasteiger partial charge in [0.15, 0.2) is 5.82 Å². The Bertz CT molecular complexity index is 1190. The number of hydrogen-bond donors (Lipinski definition) is 1. The molecule has 0 atom stereocenters. The fraction of sp³-hybridized carbons (Fsp3) is 0.120. The zero-order chi connectivity index (χ0) is 21.6. The third kappa shape index (κ3) is 5.61. The second-order valence-electron chi connectivity index (χ2n) is 7.22. The van der Waals surface area contributed by atoms with Gasteiger partial charge in [-0.25, -0.2) is 0 Å². The number of aromatic nitrogens is 2. The highest BCUT2D eigenvalue weighted by atomic mass is 79.9. The molecule has 0 radical (unpaired) electrons. The van der Waals surface area contributed by atoms with Gasteiger partial charge in [0.25, 0.3) is 5.91 Å². The Labute approximate surface area is 189 Å². The first-order valence-electron chi connectivity index (χ1n) is 9.93. The fourth-order valence-electron chi connectivity index (χ4n) is 3.17. The first kappa shape index (κ1) is 20.9. The molecule has 0 saturated heterocycles. The number of amides is 1. The van der Waals surface area contributed by atoms with E-state index in [9.17, 15) is 4.79 Å². The van der Waals surface area contributed by atoms with Crippen LogP contribution in [0.15, 0.2) is 89.5 Å². The lowest BCUT2D eigenvalue weighted by atomic mass is 10.1. The van der Waals surface area contributed by atoms with Crippen LogP contribution in [0.4, 0.5) is 5.82 Å². The van der Waals surface area contributed by atoms with Gasteiger partial charge in [-0.2, -0.15) is 5.10 Å². The molecule has 0 aliphatic heterocycles. The van der Waals surface area contributed by atoms with Crippen molar-refractivity contribution < 1.29 is 9.53 Å². The van der Waals surface area contributed by atoms with Crippen molar-refractivity contribution in [3.63, 3.8) is 0 Å². The van der Waals surface area contributed by atoms with Crippen molar-refractivity contribution in [2.75, 3.05) is 5.32 Å². The fourth-order valence-corrected chi connectivity index (χ4v) is 3.43. The molecule has 1 amide bonds. The highest BCUT2D eigenvalue weighted by Gasteiger charge is 2.10. The van der Waals surface area contributed by atoms with E-state index < -0.39 is 0 Å². The molecule has 4 rings (SSSR count). The summed E-state index contributed by atoms with van der Waals surface area (Å²) in [5.41, 5.74) is 3.89. The van der Waals surface area contributed by atoms with E-state index in [2.05, 4.69) is 45.4 Å². The summed E-state index contributed by atoms with van der Waals surface area (Å²) in [5.74, 6) is 1.10. The van der Waals surface area contributed by atoms with Crippen molar-refractivity contribution in [1.29, 1.82) is 0 Å². The van der Waals surface area contributed by atoms with Gasteiger partial charge in [0.05, 0.1) is 6.54 Å². The molecule has 0 saturated carbocycles. The summed E-state index contributed by atoms with van der Waals surface area (Å²) in [4.78, 5) is 12.7. The van der Waals surface area contributed by atoms with Crippen LogP contribution in [0.25, 0.3) is 0 Å².